The van der Waals surface area contributed by atoms with Crippen molar-refractivity contribution in [3.05, 3.63) is 23.0 Å². The van der Waals surface area contributed by atoms with Gasteiger partial charge in [-0.1, -0.05) is 0 Å². The minimum absolute atomic E-state index is 0.0906. The molecule has 0 aliphatic carbocycles. The second-order valence-electron chi connectivity index (χ2n) is 11.0. The van der Waals surface area contributed by atoms with E-state index in [1.807, 2.05) is 0 Å². The zero-order valence-electron chi connectivity index (χ0n) is 24.0. The second-order valence-corrected chi connectivity index (χ2v) is 11.0. The molecule has 0 amide bonds. The number of aromatic nitrogens is 1. The Bertz CT molecular complexity index is 1090. The first kappa shape index (κ1) is 36.1. The fourth-order valence-electron chi connectivity index (χ4n) is 5.21. The maximum atomic E-state index is 10.8. The van der Waals surface area contributed by atoms with Crippen LogP contribution in [-0.4, -0.2) is 178 Å². The highest BCUT2D eigenvalue weighted by molar-refractivity contribution is 5.40. The van der Waals surface area contributed by atoms with E-state index in [4.69, 9.17) is 28.4 Å². The molecule has 0 saturated carbocycles. The molecule has 3 aliphatic heterocycles. The average Bonchev–Trinajstić information content (AvgIpc) is 3.03. The lowest BCUT2D eigenvalue weighted by Gasteiger charge is -2.45. The van der Waals surface area contributed by atoms with Crippen molar-refractivity contribution in [3.8, 4) is 5.75 Å². The van der Waals surface area contributed by atoms with E-state index in [1.165, 1.54) is 13.1 Å². The van der Waals surface area contributed by atoms with Crippen molar-refractivity contribution in [2.75, 3.05) is 19.8 Å². The molecule has 3 fully saturated rings. The summed E-state index contributed by atoms with van der Waals surface area (Å²) in [6, 6.07) is 0. The number of aromatic hydroxyl groups is 1. The van der Waals surface area contributed by atoms with Gasteiger partial charge in [0.25, 0.3) is 0 Å². The molecule has 1 aromatic heterocycles. The van der Waals surface area contributed by atoms with Crippen LogP contribution in [0.15, 0.2) is 6.20 Å². The van der Waals surface area contributed by atoms with E-state index in [9.17, 15) is 61.3 Å². The molecule has 19 nitrogen and oxygen atoms in total. The first-order chi connectivity index (χ1) is 21.3. The van der Waals surface area contributed by atoms with Crippen LogP contribution in [0, 0.1) is 6.92 Å². The third-order valence-electron chi connectivity index (χ3n) is 8.03. The molecule has 4 rings (SSSR count). The topological polar surface area (TPSA) is 311 Å². The van der Waals surface area contributed by atoms with E-state index in [0.717, 1.165) is 0 Å². The van der Waals surface area contributed by atoms with Gasteiger partial charge in [-0.3, -0.25) is 4.98 Å². The number of aliphatic hydroxyl groups excluding tert-OH is 11. The number of rotatable bonds is 11. The van der Waals surface area contributed by atoms with Crippen LogP contribution in [0.4, 0.5) is 0 Å². The van der Waals surface area contributed by atoms with Crippen LogP contribution in [0.5, 0.6) is 5.75 Å². The summed E-state index contributed by atoms with van der Waals surface area (Å²) in [5.41, 5.74) is 0.463. The molecule has 258 valence electrons. The maximum absolute atomic E-state index is 10.8. The Kier molecular flexibility index (Phi) is 12.4. The minimum atomic E-state index is -1.83. The SMILES string of the molecule is Cc1ncc(CO[C@@H]2O[C@H](CO)[C@@H](O[C@@H]3O[C@H](CO)[C@@H](O)[C@H](O)[C@H]3O)[C@H](O)[C@H]2O)c(CO[C@@H]2O[C@H](CO)[C@@H](O)[C@H](O)[C@H]2O)c1O. The van der Waals surface area contributed by atoms with E-state index in [-0.39, 0.29) is 22.6 Å². The molecular weight excluding hydrogens is 614 g/mol. The Morgan fingerprint density at radius 2 is 1.09 bits per heavy atom. The zero-order chi connectivity index (χ0) is 33.2. The normalized spacial score (nSPS) is 42.5. The lowest BCUT2D eigenvalue weighted by atomic mass is 9.97. The standard InChI is InChI=1S/C26H41NO18/c1-8-14(31)10(7-41-24-20(37)17(34)15(32)11(3-28)42-24)9(2-27-8)6-40-25-22(39)19(36)23(13(5-30)44-25)45-26-21(38)18(35)16(33)12(4-29)43-26/h2,11-13,15-26,28-39H,3-7H2,1H3/t11-,12-,13-,15-,16-,17+,18+,19-,20-,21-,22-,23-,24-,25-,26+/m1/s1. The summed E-state index contributed by atoms with van der Waals surface area (Å²) in [7, 11) is 0. The number of nitrogens with zero attached hydrogens (tertiary/aromatic N) is 1. The predicted octanol–water partition coefficient (Wildman–Crippen LogP) is -6.45. The second kappa shape index (κ2) is 15.4. The summed E-state index contributed by atoms with van der Waals surface area (Å²) in [5, 5.41) is 122. The molecule has 45 heavy (non-hydrogen) atoms. The Balaban J connectivity index is 1.43. The quantitative estimate of drug-likeness (QED) is 0.105. The van der Waals surface area contributed by atoms with E-state index >= 15 is 0 Å². The van der Waals surface area contributed by atoms with Crippen LogP contribution >= 0.6 is 0 Å². The largest absolute Gasteiger partial charge is 0.506 e. The van der Waals surface area contributed by atoms with Crippen LogP contribution in [-0.2, 0) is 41.6 Å². The molecule has 0 unspecified atom stereocenters. The van der Waals surface area contributed by atoms with Crippen molar-refractivity contribution in [2.24, 2.45) is 0 Å². The van der Waals surface area contributed by atoms with Gasteiger partial charge in [0, 0.05) is 17.3 Å². The zero-order valence-corrected chi connectivity index (χ0v) is 24.0. The number of pyridine rings is 1. The van der Waals surface area contributed by atoms with Gasteiger partial charge in [-0.15, -0.1) is 0 Å². The summed E-state index contributed by atoms with van der Waals surface area (Å²) in [6.45, 7) is -1.57. The van der Waals surface area contributed by atoms with Gasteiger partial charge in [-0.05, 0) is 6.92 Å². The average molecular weight is 656 g/mol. The molecule has 0 bridgehead atoms. The van der Waals surface area contributed by atoms with Crippen LogP contribution in [0.1, 0.15) is 16.8 Å². The summed E-state index contributed by atoms with van der Waals surface area (Å²) >= 11 is 0. The third kappa shape index (κ3) is 7.55. The molecule has 4 heterocycles. The van der Waals surface area contributed by atoms with Gasteiger partial charge in [-0.2, -0.15) is 0 Å². The highest BCUT2D eigenvalue weighted by Crippen LogP contribution is 2.32. The summed E-state index contributed by atoms with van der Waals surface area (Å²) in [6.07, 6.45) is -22.9. The molecule has 0 radical (unpaired) electrons. The number of hydrogen-bond donors (Lipinski definition) is 12. The lowest BCUT2D eigenvalue weighted by Crippen LogP contribution is -2.64. The monoisotopic (exact) mass is 655 g/mol. The fraction of sp³-hybridized carbons (Fsp3) is 0.808. The molecule has 19 heteroatoms. The maximum Gasteiger partial charge on any atom is 0.187 e. The van der Waals surface area contributed by atoms with Gasteiger partial charge in [-0.25, -0.2) is 0 Å². The van der Waals surface area contributed by atoms with Crippen LogP contribution in [0.2, 0.25) is 0 Å². The highest BCUT2D eigenvalue weighted by atomic mass is 16.7. The number of aryl methyl sites for hydroxylation is 1. The van der Waals surface area contributed by atoms with Crippen molar-refractivity contribution in [1.29, 1.82) is 0 Å². The van der Waals surface area contributed by atoms with Gasteiger partial charge in [0.15, 0.2) is 18.9 Å². The minimum Gasteiger partial charge on any atom is -0.506 e. The molecule has 3 aliphatic rings. The van der Waals surface area contributed by atoms with Crippen LogP contribution in [0.25, 0.3) is 0 Å². The highest BCUT2D eigenvalue weighted by Gasteiger charge is 2.51. The smallest absolute Gasteiger partial charge is 0.187 e. The fourth-order valence-corrected chi connectivity index (χ4v) is 5.21. The molecule has 15 atom stereocenters. The molecular formula is C26H41NO18. The predicted molar refractivity (Wildman–Crippen MR) is 140 cm³/mol. The van der Waals surface area contributed by atoms with Crippen molar-refractivity contribution in [3.63, 3.8) is 0 Å². The first-order valence-electron chi connectivity index (χ1n) is 14.1. The van der Waals surface area contributed by atoms with Gasteiger partial charge in [0.05, 0.1) is 38.7 Å². The lowest BCUT2D eigenvalue weighted by molar-refractivity contribution is -0.360. The van der Waals surface area contributed by atoms with Gasteiger partial charge < -0.3 is 89.7 Å². The van der Waals surface area contributed by atoms with Crippen LogP contribution in [0.3, 0.4) is 0 Å². The molecule has 0 spiro atoms. The Morgan fingerprint density at radius 3 is 1.64 bits per heavy atom. The van der Waals surface area contributed by atoms with Crippen molar-refractivity contribution >= 4 is 0 Å². The third-order valence-corrected chi connectivity index (χ3v) is 8.03. The number of aliphatic hydroxyl groups is 11. The number of ether oxygens (including phenoxy) is 6. The summed E-state index contributed by atoms with van der Waals surface area (Å²) in [4.78, 5) is 4.06. The van der Waals surface area contributed by atoms with Crippen molar-refractivity contribution < 1.29 is 89.7 Å². The molecule has 12 N–H and O–H groups in total. The van der Waals surface area contributed by atoms with Crippen molar-refractivity contribution in [2.45, 2.75) is 112 Å². The van der Waals surface area contributed by atoms with E-state index in [2.05, 4.69) is 4.98 Å². The molecule has 3 saturated heterocycles. The first-order valence-corrected chi connectivity index (χ1v) is 14.1. The van der Waals surface area contributed by atoms with Gasteiger partial charge in [0.2, 0.25) is 0 Å². The Labute approximate surface area is 256 Å². The van der Waals surface area contributed by atoms with Crippen LogP contribution < -0.4 is 0 Å². The van der Waals surface area contributed by atoms with E-state index in [0.29, 0.717) is 0 Å². The molecule has 1 aromatic rings. The van der Waals surface area contributed by atoms with Crippen molar-refractivity contribution in [1.82, 2.24) is 4.98 Å². The van der Waals surface area contributed by atoms with E-state index < -0.39 is 125 Å². The number of hydrogen-bond acceptors (Lipinski definition) is 19. The summed E-state index contributed by atoms with van der Waals surface area (Å²) < 4.78 is 32.9. The Hall–Kier alpha value is -1.73. The van der Waals surface area contributed by atoms with Gasteiger partial charge in [0.1, 0.15) is 79.0 Å². The Morgan fingerprint density at radius 1 is 0.622 bits per heavy atom. The summed E-state index contributed by atoms with van der Waals surface area (Å²) in [5.74, 6) is -0.327. The van der Waals surface area contributed by atoms with Gasteiger partial charge >= 0.3 is 0 Å². The van der Waals surface area contributed by atoms with E-state index in [1.54, 1.807) is 0 Å². The molecule has 0 aromatic carbocycles.